The first kappa shape index (κ1) is 22.5. The molecule has 6 rings (SSSR count). The zero-order chi connectivity index (χ0) is 20.9. The molecule has 4 fully saturated rings. The van der Waals surface area contributed by atoms with Crippen molar-refractivity contribution < 1.29 is 53.8 Å². The normalized spacial score (nSPS) is 48.8. The van der Waals surface area contributed by atoms with Gasteiger partial charge in [-0.2, -0.15) is 0 Å². The number of carboxylic acids is 1. The molecule has 1 heterocycles. The zero-order valence-electron chi connectivity index (χ0n) is 18.8. The molecule has 3 saturated carbocycles. The van der Waals surface area contributed by atoms with E-state index in [2.05, 4.69) is 26.8 Å². The number of fused-ring (bicyclic) bond motifs is 1. The Morgan fingerprint density at radius 1 is 1.13 bits per heavy atom. The Hall–Kier alpha value is -0.650. The van der Waals surface area contributed by atoms with Crippen LogP contribution in [-0.2, 0) is 19.1 Å². The van der Waals surface area contributed by atoms with Crippen molar-refractivity contribution in [2.24, 2.45) is 51.8 Å². The molecule has 0 radical (unpaired) electrons. The van der Waals surface area contributed by atoms with E-state index in [1.165, 1.54) is 5.57 Å². The van der Waals surface area contributed by atoms with Crippen molar-refractivity contribution in [1.29, 1.82) is 0 Å². The standard InChI is InChI=1S/C24H32O5.Na/c1-12(2)14-11-24-9-6-15-22(3,7-5-8-23(15,4)21(27)28)16(24)10-13(14)17-18(24)20(26)29-19(17)25;/h11-13,15-18H,5-10H2,1-4H3,(H,27,28);/q;+1/p-1. The van der Waals surface area contributed by atoms with E-state index in [1.807, 2.05) is 6.92 Å². The average Bonchev–Trinajstić information content (AvgIpc) is 2.97. The van der Waals surface area contributed by atoms with E-state index >= 15 is 0 Å². The molecule has 0 aromatic carbocycles. The SMILES string of the molecule is CC(C)C1=CC23CCC4C(C)(C(=O)[O-])CCCC4(C)C2CC1C1C(=O)OC(=O)C13.[Na+]. The van der Waals surface area contributed by atoms with Gasteiger partial charge in [-0.05, 0) is 61.2 Å². The Balaban J connectivity index is 0.00000218. The first-order chi connectivity index (χ1) is 13.6. The second-order valence-electron chi connectivity index (χ2n) is 11.2. The van der Waals surface area contributed by atoms with Gasteiger partial charge < -0.3 is 14.6 Å². The van der Waals surface area contributed by atoms with Crippen molar-refractivity contribution in [2.45, 2.75) is 66.2 Å². The summed E-state index contributed by atoms with van der Waals surface area (Å²) < 4.78 is 5.19. The second kappa shape index (κ2) is 6.92. The van der Waals surface area contributed by atoms with E-state index in [0.717, 1.165) is 32.1 Å². The van der Waals surface area contributed by atoms with Gasteiger partial charge in [-0.1, -0.05) is 45.8 Å². The topological polar surface area (TPSA) is 83.5 Å². The molecule has 0 amide bonds. The van der Waals surface area contributed by atoms with Crippen molar-refractivity contribution in [3.63, 3.8) is 0 Å². The van der Waals surface area contributed by atoms with Crippen LogP contribution in [0.4, 0.5) is 0 Å². The van der Waals surface area contributed by atoms with Crippen LogP contribution in [0.1, 0.15) is 66.2 Å². The number of carbonyl (C=O) groups is 3. The first-order valence-electron chi connectivity index (χ1n) is 11.3. The van der Waals surface area contributed by atoms with Gasteiger partial charge in [0, 0.05) is 16.8 Å². The molecular formula is C24H31NaO5. The third kappa shape index (κ3) is 2.55. The number of allylic oxidation sites excluding steroid dienone is 2. The molecule has 0 N–H and O–H groups in total. The minimum atomic E-state index is -0.933. The first-order valence-corrected chi connectivity index (χ1v) is 11.3. The number of aliphatic carboxylic acids is 1. The molecule has 5 nitrogen and oxygen atoms in total. The summed E-state index contributed by atoms with van der Waals surface area (Å²) in [6.07, 6.45) is 7.24. The van der Waals surface area contributed by atoms with Gasteiger partial charge in [0.1, 0.15) is 0 Å². The number of carbonyl (C=O) groups excluding carboxylic acids is 3. The minimum absolute atomic E-state index is 0. The number of hydrogen-bond donors (Lipinski definition) is 0. The predicted molar refractivity (Wildman–Crippen MR) is 103 cm³/mol. The van der Waals surface area contributed by atoms with Gasteiger partial charge >= 0.3 is 41.5 Å². The Kier molecular flexibility index (Phi) is 5.20. The van der Waals surface area contributed by atoms with Crippen LogP contribution >= 0.6 is 0 Å². The smallest absolute Gasteiger partial charge is 0.550 e. The van der Waals surface area contributed by atoms with Crippen LogP contribution in [0.15, 0.2) is 11.6 Å². The van der Waals surface area contributed by atoms with Gasteiger partial charge in [-0.15, -0.1) is 0 Å². The van der Waals surface area contributed by atoms with Crippen molar-refractivity contribution in [1.82, 2.24) is 0 Å². The quantitative estimate of drug-likeness (QED) is 0.268. The summed E-state index contributed by atoms with van der Waals surface area (Å²) in [4.78, 5) is 37.7. The van der Waals surface area contributed by atoms with Gasteiger partial charge in [0.05, 0.1) is 11.8 Å². The minimum Gasteiger partial charge on any atom is -0.550 e. The van der Waals surface area contributed by atoms with Crippen molar-refractivity contribution in [2.75, 3.05) is 0 Å². The van der Waals surface area contributed by atoms with Crippen LogP contribution in [0.3, 0.4) is 0 Å². The van der Waals surface area contributed by atoms with Gasteiger partial charge in [-0.3, -0.25) is 9.59 Å². The molecule has 1 spiro atoms. The average molecular weight is 422 g/mol. The van der Waals surface area contributed by atoms with Crippen LogP contribution < -0.4 is 34.7 Å². The van der Waals surface area contributed by atoms with E-state index in [0.29, 0.717) is 12.3 Å². The molecule has 0 aromatic rings. The summed E-state index contributed by atoms with van der Waals surface area (Å²) in [6, 6.07) is 0. The number of carboxylic acid groups (broad SMARTS) is 1. The number of ether oxygens (including phenoxy) is 1. The largest absolute Gasteiger partial charge is 1.00 e. The van der Waals surface area contributed by atoms with Crippen molar-refractivity contribution in [3.05, 3.63) is 11.6 Å². The van der Waals surface area contributed by atoms with Crippen molar-refractivity contribution in [3.8, 4) is 0 Å². The Labute approximate surface area is 200 Å². The molecule has 6 heteroatoms. The van der Waals surface area contributed by atoms with E-state index in [9.17, 15) is 19.5 Å². The maximum atomic E-state index is 12.9. The summed E-state index contributed by atoms with van der Waals surface area (Å²) in [5.41, 5.74) is -0.0620. The van der Waals surface area contributed by atoms with Crippen LogP contribution in [0.25, 0.3) is 0 Å². The maximum Gasteiger partial charge on any atom is 1.00 e. The van der Waals surface area contributed by atoms with Gasteiger partial charge in [-0.25, -0.2) is 0 Å². The van der Waals surface area contributed by atoms with Crippen LogP contribution in [0.5, 0.6) is 0 Å². The number of esters is 2. The van der Waals surface area contributed by atoms with E-state index in [1.54, 1.807) is 0 Å². The molecule has 30 heavy (non-hydrogen) atoms. The summed E-state index contributed by atoms with van der Waals surface area (Å²) in [6.45, 7) is 8.45. The molecular weight excluding hydrogens is 391 g/mol. The maximum absolute atomic E-state index is 12.9. The van der Waals surface area contributed by atoms with Crippen LogP contribution in [0, 0.1) is 51.8 Å². The molecule has 6 aliphatic rings. The van der Waals surface area contributed by atoms with E-state index < -0.39 is 17.3 Å². The molecule has 2 bridgehead atoms. The second-order valence-corrected chi connectivity index (χ2v) is 11.2. The van der Waals surface area contributed by atoms with Gasteiger partial charge in [0.15, 0.2) is 0 Å². The summed E-state index contributed by atoms with van der Waals surface area (Å²) in [7, 11) is 0. The Morgan fingerprint density at radius 3 is 2.47 bits per heavy atom. The summed E-state index contributed by atoms with van der Waals surface area (Å²) in [5, 5.41) is 12.2. The Morgan fingerprint density at radius 2 is 1.83 bits per heavy atom. The third-order valence-electron chi connectivity index (χ3n) is 9.87. The fourth-order valence-electron chi connectivity index (χ4n) is 8.75. The molecule has 8 atom stereocenters. The van der Waals surface area contributed by atoms with E-state index in [-0.39, 0.29) is 76.0 Å². The van der Waals surface area contributed by atoms with Gasteiger partial charge in [0.25, 0.3) is 0 Å². The zero-order valence-corrected chi connectivity index (χ0v) is 20.8. The number of rotatable bonds is 2. The number of cyclic esters (lactones) is 2. The fraction of sp³-hybridized carbons (Fsp3) is 0.792. The third-order valence-corrected chi connectivity index (χ3v) is 9.87. The van der Waals surface area contributed by atoms with Crippen molar-refractivity contribution >= 4 is 17.9 Å². The molecule has 0 aromatic heterocycles. The van der Waals surface area contributed by atoms with Gasteiger partial charge in [0.2, 0.25) is 0 Å². The van der Waals surface area contributed by atoms with Crippen LogP contribution in [0.2, 0.25) is 0 Å². The monoisotopic (exact) mass is 422 g/mol. The Bertz CT molecular complexity index is 849. The molecule has 1 saturated heterocycles. The molecule has 158 valence electrons. The van der Waals surface area contributed by atoms with Crippen LogP contribution in [-0.4, -0.2) is 17.9 Å². The molecule has 5 aliphatic carbocycles. The molecule has 8 unspecified atom stereocenters. The predicted octanol–water partition coefficient (Wildman–Crippen LogP) is -0.119. The summed E-state index contributed by atoms with van der Waals surface area (Å²) in [5.74, 6) is -1.75. The fourth-order valence-corrected chi connectivity index (χ4v) is 8.75. The molecule has 1 aliphatic heterocycles. The summed E-state index contributed by atoms with van der Waals surface area (Å²) >= 11 is 0. The number of hydrogen-bond acceptors (Lipinski definition) is 5. The van der Waals surface area contributed by atoms with E-state index in [4.69, 9.17) is 4.74 Å².